The van der Waals surface area contributed by atoms with Crippen LogP contribution >= 0.6 is 0 Å². The first-order chi connectivity index (χ1) is 5.77. The zero-order valence-electron chi connectivity index (χ0n) is 8.77. The van der Waals surface area contributed by atoms with Crippen molar-refractivity contribution in [1.82, 2.24) is 5.32 Å². The highest BCUT2D eigenvalue weighted by Gasteiger charge is 2.24. The molecule has 12 heavy (non-hydrogen) atoms. The van der Waals surface area contributed by atoms with Gasteiger partial charge >= 0.3 is 0 Å². The van der Waals surface area contributed by atoms with Crippen molar-refractivity contribution >= 4 is 0 Å². The van der Waals surface area contributed by atoms with E-state index in [2.05, 4.69) is 26.1 Å². The van der Waals surface area contributed by atoms with Crippen molar-refractivity contribution in [3.8, 4) is 0 Å². The van der Waals surface area contributed by atoms with Crippen LogP contribution in [0.4, 0.5) is 0 Å². The quantitative estimate of drug-likeness (QED) is 0.682. The monoisotopic (exact) mass is 169 g/mol. The van der Waals surface area contributed by atoms with Crippen LogP contribution in [0.1, 0.15) is 40.0 Å². The summed E-state index contributed by atoms with van der Waals surface area (Å²) in [6.07, 6.45) is 4.17. The van der Waals surface area contributed by atoms with E-state index in [1.807, 2.05) is 0 Å². The van der Waals surface area contributed by atoms with E-state index in [1.54, 1.807) is 0 Å². The van der Waals surface area contributed by atoms with Gasteiger partial charge in [0, 0.05) is 0 Å². The molecule has 0 radical (unpaired) electrons. The zero-order chi connectivity index (χ0) is 8.97. The minimum atomic E-state index is 0.908. The molecule has 1 rings (SSSR count). The summed E-state index contributed by atoms with van der Waals surface area (Å²) < 4.78 is 0. The average Bonchev–Trinajstić information content (AvgIpc) is 2.47. The van der Waals surface area contributed by atoms with Crippen LogP contribution in [-0.2, 0) is 0 Å². The lowest BCUT2D eigenvalue weighted by Crippen LogP contribution is -2.14. The maximum atomic E-state index is 3.48. The van der Waals surface area contributed by atoms with Crippen molar-refractivity contribution < 1.29 is 0 Å². The molecule has 0 saturated carbocycles. The lowest BCUT2D eigenvalue weighted by Gasteiger charge is -2.20. The number of nitrogens with one attached hydrogen (secondary N) is 1. The average molecular weight is 169 g/mol. The van der Waals surface area contributed by atoms with Gasteiger partial charge in [0.2, 0.25) is 0 Å². The lowest BCUT2D eigenvalue weighted by molar-refractivity contribution is 0.323. The fourth-order valence-electron chi connectivity index (χ4n) is 2.23. The van der Waals surface area contributed by atoms with Gasteiger partial charge in [0.15, 0.2) is 0 Å². The number of rotatable bonds is 4. The highest BCUT2D eigenvalue weighted by atomic mass is 14.9. The maximum Gasteiger partial charge on any atom is -0.00173 e. The lowest BCUT2D eigenvalue weighted by atomic mass is 9.85. The largest absolute Gasteiger partial charge is 0.316 e. The van der Waals surface area contributed by atoms with E-state index >= 15 is 0 Å². The molecule has 0 amide bonds. The Balaban J connectivity index is 2.28. The molecular formula is C11H23N. The van der Waals surface area contributed by atoms with Crippen LogP contribution in [0.25, 0.3) is 0 Å². The molecular weight excluding hydrogens is 146 g/mol. The molecule has 2 unspecified atom stereocenters. The van der Waals surface area contributed by atoms with Gasteiger partial charge in [-0.15, -0.1) is 0 Å². The van der Waals surface area contributed by atoms with Crippen LogP contribution in [0.2, 0.25) is 0 Å². The topological polar surface area (TPSA) is 12.0 Å². The van der Waals surface area contributed by atoms with E-state index in [9.17, 15) is 0 Å². The van der Waals surface area contributed by atoms with Gasteiger partial charge in [0.25, 0.3) is 0 Å². The second kappa shape index (κ2) is 4.86. The van der Waals surface area contributed by atoms with Gasteiger partial charge in [0.05, 0.1) is 0 Å². The summed E-state index contributed by atoms with van der Waals surface area (Å²) in [4.78, 5) is 0. The predicted molar refractivity (Wildman–Crippen MR) is 54.2 cm³/mol. The third-order valence-corrected chi connectivity index (χ3v) is 3.47. The second-order valence-electron chi connectivity index (χ2n) is 4.31. The normalized spacial score (nSPS) is 30.0. The summed E-state index contributed by atoms with van der Waals surface area (Å²) in [6.45, 7) is 9.53. The molecule has 0 aromatic heterocycles. The Morgan fingerprint density at radius 1 is 1.25 bits per heavy atom. The predicted octanol–water partition coefficient (Wildman–Crippen LogP) is 2.67. The first kappa shape index (κ1) is 10.0. The molecule has 1 saturated heterocycles. The second-order valence-corrected chi connectivity index (χ2v) is 4.31. The Labute approximate surface area is 76.9 Å². The molecule has 72 valence electrons. The Hall–Kier alpha value is -0.0400. The van der Waals surface area contributed by atoms with E-state index in [4.69, 9.17) is 0 Å². The summed E-state index contributed by atoms with van der Waals surface area (Å²) in [5.41, 5.74) is 0. The van der Waals surface area contributed by atoms with Crippen molar-refractivity contribution in [2.75, 3.05) is 13.1 Å². The van der Waals surface area contributed by atoms with Crippen LogP contribution in [0.15, 0.2) is 0 Å². The molecule has 2 atom stereocenters. The van der Waals surface area contributed by atoms with Crippen molar-refractivity contribution in [3.05, 3.63) is 0 Å². The van der Waals surface area contributed by atoms with Crippen molar-refractivity contribution in [1.29, 1.82) is 0 Å². The Kier molecular flexibility index (Phi) is 4.07. The molecule has 1 N–H and O–H groups in total. The molecule has 1 heteroatoms. The van der Waals surface area contributed by atoms with Gasteiger partial charge in [-0.25, -0.2) is 0 Å². The SMILES string of the molecule is CCC(CC)CC1CNCC1C. The van der Waals surface area contributed by atoms with Gasteiger partial charge < -0.3 is 5.32 Å². The van der Waals surface area contributed by atoms with Crippen LogP contribution in [0, 0.1) is 17.8 Å². The summed E-state index contributed by atoms with van der Waals surface area (Å²) in [7, 11) is 0. The molecule has 0 aromatic rings. The standard InChI is InChI=1S/C11H23N/c1-4-10(5-2)6-11-8-12-7-9(11)3/h9-12H,4-8H2,1-3H3. The summed E-state index contributed by atoms with van der Waals surface area (Å²) in [5, 5.41) is 3.48. The summed E-state index contributed by atoms with van der Waals surface area (Å²) >= 11 is 0. The van der Waals surface area contributed by atoms with Gasteiger partial charge in [-0.1, -0.05) is 33.6 Å². The Bertz CT molecular complexity index is 118. The van der Waals surface area contributed by atoms with E-state index in [0.29, 0.717) is 0 Å². The third-order valence-electron chi connectivity index (χ3n) is 3.47. The number of hydrogen-bond acceptors (Lipinski definition) is 1. The van der Waals surface area contributed by atoms with Crippen molar-refractivity contribution in [2.45, 2.75) is 40.0 Å². The van der Waals surface area contributed by atoms with Gasteiger partial charge in [-0.2, -0.15) is 0 Å². The summed E-state index contributed by atoms with van der Waals surface area (Å²) in [5.74, 6) is 2.83. The molecule has 1 heterocycles. The van der Waals surface area contributed by atoms with Gasteiger partial charge in [-0.3, -0.25) is 0 Å². The van der Waals surface area contributed by atoms with E-state index in [1.165, 1.54) is 32.4 Å². The van der Waals surface area contributed by atoms with Crippen LogP contribution in [0.5, 0.6) is 0 Å². The molecule has 1 fully saturated rings. The molecule has 1 aliphatic rings. The van der Waals surface area contributed by atoms with Crippen LogP contribution in [-0.4, -0.2) is 13.1 Å². The minimum Gasteiger partial charge on any atom is -0.316 e. The zero-order valence-corrected chi connectivity index (χ0v) is 8.77. The third kappa shape index (κ3) is 2.48. The van der Waals surface area contributed by atoms with Crippen LogP contribution in [0.3, 0.4) is 0 Å². The first-order valence-electron chi connectivity index (χ1n) is 5.48. The molecule has 1 nitrogen and oxygen atoms in total. The first-order valence-corrected chi connectivity index (χ1v) is 5.48. The Morgan fingerprint density at radius 2 is 1.92 bits per heavy atom. The maximum absolute atomic E-state index is 3.48. The van der Waals surface area contributed by atoms with E-state index in [0.717, 1.165) is 17.8 Å². The highest BCUT2D eigenvalue weighted by molar-refractivity contribution is 4.79. The number of hydrogen-bond donors (Lipinski definition) is 1. The van der Waals surface area contributed by atoms with E-state index in [-0.39, 0.29) is 0 Å². The van der Waals surface area contributed by atoms with E-state index < -0.39 is 0 Å². The fraction of sp³-hybridized carbons (Fsp3) is 1.00. The van der Waals surface area contributed by atoms with Gasteiger partial charge in [-0.05, 0) is 37.3 Å². The smallest absolute Gasteiger partial charge is 0.00173 e. The molecule has 0 bridgehead atoms. The molecule has 0 aromatic carbocycles. The highest BCUT2D eigenvalue weighted by Crippen LogP contribution is 2.26. The molecule has 1 aliphatic heterocycles. The van der Waals surface area contributed by atoms with Crippen LogP contribution < -0.4 is 5.32 Å². The van der Waals surface area contributed by atoms with Crippen molar-refractivity contribution in [3.63, 3.8) is 0 Å². The summed E-state index contributed by atoms with van der Waals surface area (Å²) in [6, 6.07) is 0. The fourth-order valence-corrected chi connectivity index (χ4v) is 2.23. The van der Waals surface area contributed by atoms with Gasteiger partial charge in [0.1, 0.15) is 0 Å². The Morgan fingerprint density at radius 3 is 2.33 bits per heavy atom. The van der Waals surface area contributed by atoms with Crippen molar-refractivity contribution in [2.24, 2.45) is 17.8 Å². The molecule has 0 spiro atoms. The molecule has 0 aliphatic carbocycles. The minimum absolute atomic E-state index is 0.908.